The fourth-order valence-corrected chi connectivity index (χ4v) is 3.20. The van der Waals surface area contributed by atoms with Gasteiger partial charge in [0, 0.05) is 35.3 Å². The summed E-state index contributed by atoms with van der Waals surface area (Å²) in [4.78, 5) is 1.40. The number of hydrogen-bond donors (Lipinski definition) is 2. The smallest absolute Gasteiger partial charge is 0.0458 e. The molecule has 17 heavy (non-hydrogen) atoms. The van der Waals surface area contributed by atoms with E-state index in [2.05, 4.69) is 55.7 Å². The first-order valence-corrected chi connectivity index (χ1v) is 7.10. The average Bonchev–Trinajstić information content (AvgIpc) is 2.29. The van der Waals surface area contributed by atoms with E-state index in [1.165, 1.54) is 10.5 Å². The second kappa shape index (κ2) is 5.42. The number of rotatable bonds is 2. The van der Waals surface area contributed by atoms with Crippen molar-refractivity contribution in [1.29, 1.82) is 0 Å². The van der Waals surface area contributed by atoms with Crippen LogP contribution in [0.4, 0.5) is 0 Å². The van der Waals surface area contributed by atoms with Gasteiger partial charge >= 0.3 is 0 Å². The highest BCUT2D eigenvalue weighted by molar-refractivity contribution is 8.00. The quantitative estimate of drug-likeness (QED) is 0.789. The molecule has 1 atom stereocenters. The van der Waals surface area contributed by atoms with Crippen LogP contribution in [0.5, 0.6) is 0 Å². The molecule has 1 aromatic carbocycles. The summed E-state index contributed by atoms with van der Waals surface area (Å²) < 4.78 is 0.262. The third-order valence-electron chi connectivity index (χ3n) is 2.75. The Morgan fingerprint density at radius 2 is 1.94 bits per heavy atom. The molecule has 1 heterocycles. The average molecular weight is 250 g/mol. The van der Waals surface area contributed by atoms with Gasteiger partial charge in [-0.15, -0.1) is 11.8 Å². The van der Waals surface area contributed by atoms with Crippen molar-refractivity contribution in [3.63, 3.8) is 0 Å². The van der Waals surface area contributed by atoms with Gasteiger partial charge in [-0.2, -0.15) is 0 Å². The molecule has 1 aliphatic heterocycles. The normalized spacial score (nSPS) is 21.5. The van der Waals surface area contributed by atoms with Crippen LogP contribution in [0.2, 0.25) is 0 Å². The van der Waals surface area contributed by atoms with Crippen LogP contribution in [0.3, 0.4) is 0 Å². The lowest BCUT2D eigenvalue weighted by Gasteiger charge is -2.28. The Morgan fingerprint density at radius 1 is 1.18 bits per heavy atom. The molecule has 2 nitrogen and oxygen atoms in total. The van der Waals surface area contributed by atoms with Crippen LogP contribution in [0.1, 0.15) is 32.4 Å². The number of benzene rings is 1. The van der Waals surface area contributed by atoms with E-state index in [0.29, 0.717) is 6.04 Å². The van der Waals surface area contributed by atoms with E-state index >= 15 is 0 Å². The van der Waals surface area contributed by atoms with Crippen molar-refractivity contribution in [1.82, 2.24) is 10.6 Å². The molecule has 1 aromatic rings. The molecule has 0 spiro atoms. The molecule has 0 amide bonds. The monoisotopic (exact) mass is 250 g/mol. The third-order valence-corrected chi connectivity index (χ3v) is 3.96. The number of piperazine rings is 1. The zero-order chi connectivity index (χ0) is 12.3. The van der Waals surface area contributed by atoms with Crippen molar-refractivity contribution in [3.05, 3.63) is 29.8 Å². The molecule has 1 saturated heterocycles. The van der Waals surface area contributed by atoms with E-state index in [-0.39, 0.29) is 4.75 Å². The van der Waals surface area contributed by atoms with Crippen molar-refractivity contribution >= 4 is 11.8 Å². The molecule has 2 N–H and O–H groups in total. The predicted octanol–water partition coefficient (Wildman–Crippen LogP) is 2.81. The van der Waals surface area contributed by atoms with Gasteiger partial charge in [0.15, 0.2) is 0 Å². The third kappa shape index (κ3) is 3.73. The first-order valence-electron chi connectivity index (χ1n) is 6.28. The maximum absolute atomic E-state index is 3.59. The van der Waals surface area contributed by atoms with E-state index in [9.17, 15) is 0 Å². The van der Waals surface area contributed by atoms with Crippen molar-refractivity contribution in [2.75, 3.05) is 19.6 Å². The van der Waals surface area contributed by atoms with Crippen molar-refractivity contribution in [3.8, 4) is 0 Å². The number of hydrogen-bond acceptors (Lipinski definition) is 3. The van der Waals surface area contributed by atoms with E-state index in [0.717, 1.165) is 19.6 Å². The van der Waals surface area contributed by atoms with Gasteiger partial charge < -0.3 is 10.6 Å². The van der Waals surface area contributed by atoms with E-state index < -0.39 is 0 Å². The van der Waals surface area contributed by atoms with Gasteiger partial charge in [-0.25, -0.2) is 0 Å². The van der Waals surface area contributed by atoms with Gasteiger partial charge in [-0.1, -0.05) is 39.0 Å². The summed E-state index contributed by atoms with van der Waals surface area (Å²) >= 11 is 1.95. The fourth-order valence-electron chi connectivity index (χ4n) is 2.06. The highest BCUT2D eigenvalue weighted by Crippen LogP contribution is 2.36. The summed E-state index contributed by atoms with van der Waals surface area (Å²) in [6.07, 6.45) is 0. The molecular weight excluding hydrogens is 228 g/mol. The van der Waals surface area contributed by atoms with Crippen molar-refractivity contribution in [2.24, 2.45) is 0 Å². The first-order chi connectivity index (χ1) is 8.06. The van der Waals surface area contributed by atoms with E-state index in [1.54, 1.807) is 0 Å². The SMILES string of the molecule is CC(C)(C)Sc1ccccc1[C@H]1CNCCN1. The summed E-state index contributed by atoms with van der Waals surface area (Å²) in [6.45, 7) is 9.95. The van der Waals surface area contributed by atoms with Gasteiger partial charge in [0.25, 0.3) is 0 Å². The standard InChI is InChI=1S/C14H22N2S/c1-14(2,3)17-13-7-5-4-6-11(13)12-10-15-8-9-16-12/h4-7,12,15-16H,8-10H2,1-3H3/t12-/m1/s1. The molecule has 0 aromatic heterocycles. The second-order valence-electron chi connectivity index (χ2n) is 5.46. The van der Waals surface area contributed by atoms with Crippen LogP contribution in [0, 0.1) is 0 Å². The fraction of sp³-hybridized carbons (Fsp3) is 0.571. The topological polar surface area (TPSA) is 24.1 Å². The Bertz CT molecular complexity index is 365. The highest BCUT2D eigenvalue weighted by atomic mass is 32.2. The van der Waals surface area contributed by atoms with Crippen LogP contribution in [0.15, 0.2) is 29.2 Å². The maximum Gasteiger partial charge on any atom is 0.0458 e. The molecule has 0 aliphatic carbocycles. The Hall–Kier alpha value is -0.510. The van der Waals surface area contributed by atoms with Crippen molar-refractivity contribution < 1.29 is 0 Å². The van der Waals surface area contributed by atoms with E-state index in [4.69, 9.17) is 0 Å². The zero-order valence-corrected chi connectivity index (χ0v) is 11.7. The molecule has 0 radical (unpaired) electrons. The van der Waals surface area contributed by atoms with Crippen LogP contribution in [-0.2, 0) is 0 Å². The molecule has 1 aliphatic rings. The van der Waals surface area contributed by atoms with Gasteiger partial charge in [0.05, 0.1) is 0 Å². The van der Waals surface area contributed by atoms with E-state index in [1.807, 2.05) is 11.8 Å². The molecule has 0 unspecified atom stereocenters. The lowest BCUT2D eigenvalue weighted by Crippen LogP contribution is -2.42. The maximum atomic E-state index is 3.59. The molecule has 0 saturated carbocycles. The Morgan fingerprint density at radius 3 is 2.59 bits per heavy atom. The lowest BCUT2D eigenvalue weighted by molar-refractivity contribution is 0.426. The van der Waals surface area contributed by atoms with Gasteiger partial charge in [-0.3, -0.25) is 0 Å². The van der Waals surface area contributed by atoms with Gasteiger partial charge in [0.1, 0.15) is 0 Å². The largest absolute Gasteiger partial charge is 0.314 e. The molecular formula is C14H22N2S. The minimum Gasteiger partial charge on any atom is -0.314 e. The molecule has 3 heteroatoms. The molecule has 2 rings (SSSR count). The predicted molar refractivity (Wildman–Crippen MR) is 75.7 cm³/mol. The molecule has 1 fully saturated rings. The summed E-state index contributed by atoms with van der Waals surface area (Å²) in [5, 5.41) is 7.04. The first kappa shape index (κ1) is 12.9. The van der Waals surface area contributed by atoms with Crippen LogP contribution < -0.4 is 10.6 Å². The minimum atomic E-state index is 0.262. The number of thioether (sulfide) groups is 1. The van der Waals surface area contributed by atoms with Gasteiger partial charge in [0.2, 0.25) is 0 Å². The Kier molecular flexibility index (Phi) is 4.13. The zero-order valence-electron chi connectivity index (χ0n) is 10.9. The van der Waals surface area contributed by atoms with Gasteiger partial charge in [-0.05, 0) is 11.6 Å². The molecule has 94 valence electrons. The summed E-state index contributed by atoms with van der Waals surface area (Å²) in [6, 6.07) is 9.21. The highest BCUT2D eigenvalue weighted by Gasteiger charge is 2.20. The summed E-state index contributed by atoms with van der Waals surface area (Å²) in [7, 11) is 0. The van der Waals surface area contributed by atoms with Crippen molar-refractivity contribution in [2.45, 2.75) is 36.5 Å². The minimum absolute atomic E-state index is 0.262. The Labute approximate surface area is 109 Å². The second-order valence-corrected chi connectivity index (χ2v) is 7.33. The summed E-state index contributed by atoms with van der Waals surface area (Å²) in [5.41, 5.74) is 1.43. The Balaban J connectivity index is 2.20. The van der Waals surface area contributed by atoms with Crippen LogP contribution in [0.25, 0.3) is 0 Å². The lowest BCUT2D eigenvalue weighted by atomic mass is 10.1. The van der Waals surface area contributed by atoms with Crippen LogP contribution in [-0.4, -0.2) is 24.4 Å². The number of nitrogens with one attached hydrogen (secondary N) is 2. The molecule has 0 bridgehead atoms. The van der Waals surface area contributed by atoms with Crippen LogP contribution >= 0.6 is 11.8 Å². The summed E-state index contributed by atoms with van der Waals surface area (Å²) in [5.74, 6) is 0.